The molecular weight excluding hydrogens is 226 g/mol. The Balaban J connectivity index is 1.65. The molecule has 0 aromatic carbocycles. The smallest absolute Gasteiger partial charge is 0.239 e. The fourth-order valence-electron chi connectivity index (χ4n) is 4.02. The highest BCUT2D eigenvalue weighted by atomic mass is 16.2. The number of fused-ring (bicyclic) bond motifs is 1. The largest absolute Gasteiger partial charge is 0.338 e. The summed E-state index contributed by atoms with van der Waals surface area (Å²) in [5.74, 6) is 0.347. The highest BCUT2D eigenvalue weighted by molar-refractivity contribution is 5.82. The maximum absolute atomic E-state index is 12.4. The molecule has 3 heterocycles. The third-order valence-corrected chi connectivity index (χ3v) is 5.05. The summed E-state index contributed by atoms with van der Waals surface area (Å²) in [6, 6.07) is 1.33. The van der Waals surface area contributed by atoms with Gasteiger partial charge in [-0.2, -0.15) is 0 Å². The molecule has 3 rings (SSSR count). The third kappa shape index (κ3) is 2.16. The fourth-order valence-corrected chi connectivity index (χ4v) is 4.02. The van der Waals surface area contributed by atoms with Gasteiger partial charge in [0, 0.05) is 25.2 Å². The molecule has 0 aromatic rings. The lowest BCUT2D eigenvalue weighted by Gasteiger charge is -2.43. The second kappa shape index (κ2) is 5.17. The number of hydrogen-bond donors (Lipinski definition) is 1. The Bertz CT molecular complexity index is 320. The van der Waals surface area contributed by atoms with Crippen LogP contribution in [0.25, 0.3) is 0 Å². The van der Waals surface area contributed by atoms with Crippen molar-refractivity contribution in [2.24, 2.45) is 0 Å². The van der Waals surface area contributed by atoms with Gasteiger partial charge in [0.15, 0.2) is 0 Å². The molecule has 0 aliphatic carbocycles. The van der Waals surface area contributed by atoms with E-state index in [4.69, 9.17) is 0 Å². The first-order valence-corrected chi connectivity index (χ1v) is 7.51. The van der Waals surface area contributed by atoms with Gasteiger partial charge in [0.2, 0.25) is 5.91 Å². The number of rotatable bonds is 2. The number of likely N-dealkylation sites (N-methyl/N-ethyl adjacent to an activating group) is 1. The van der Waals surface area contributed by atoms with Gasteiger partial charge in [-0.25, -0.2) is 0 Å². The maximum atomic E-state index is 12.4. The molecule has 3 aliphatic heterocycles. The molecule has 3 aliphatic rings. The SMILES string of the molecule is CNC1CCCN(C2CCN3CCCC3C2)C1=O. The van der Waals surface area contributed by atoms with Gasteiger partial charge in [0.25, 0.3) is 0 Å². The molecule has 3 fully saturated rings. The molecule has 1 amide bonds. The Labute approximate surface area is 110 Å². The predicted molar refractivity (Wildman–Crippen MR) is 71.4 cm³/mol. The van der Waals surface area contributed by atoms with Crippen LogP contribution < -0.4 is 5.32 Å². The van der Waals surface area contributed by atoms with Crippen LogP contribution in [0.3, 0.4) is 0 Å². The van der Waals surface area contributed by atoms with E-state index in [1.807, 2.05) is 7.05 Å². The van der Waals surface area contributed by atoms with Crippen molar-refractivity contribution >= 4 is 5.91 Å². The second-order valence-electron chi connectivity index (χ2n) is 6.03. The van der Waals surface area contributed by atoms with Crippen molar-refractivity contribution in [3.8, 4) is 0 Å². The molecule has 4 nitrogen and oxygen atoms in total. The van der Waals surface area contributed by atoms with E-state index in [0.29, 0.717) is 11.9 Å². The van der Waals surface area contributed by atoms with Gasteiger partial charge in [-0.1, -0.05) is 0 Å². The van der Waals surface area contributed by atoms with Crippen LogP contribution in [-0.4, -0.2) is 60.5 Å². The van der Waals surface area contributed by atoms with Gasteiger partial charge >= 0.3 is 0 Å². The molecule has 3 saturated heterocycles. The number of amides is 1. The van der Waals surface area contributed by atoms with Gasteiger partial charge in [-0.15, -0.1) is 0 Å². The summed E-state index contributed by atoms with van der Waals surface area (Å²) in [5.41, 5.74) is 0. The molecule has 0 radical (unpaired) electrons. The number of carbonyl (C=O) groups excluding carboxylic acids is 1. The molecule has 3 atom stereocenters. The normalized spacial score (nSPS) is 37.9. The molecule has 0 aromatic heterocycles. The number of likely N-dealkylation sites (tertiary alicyclic amines) is 1. The molecule has 4 heteroatoms. The van der Waals surface area contributed by atoms with Crippen molar-refractivity contribution in [3.05, 3.63) is 0 Å². The van der Waals surface area contributed by atoms with Crippen LogP contribution in [0, 0.1) is 0 Å². The van der Waals surface area contributed by atoms with Crippen molar-refractivity contribution in [1.29, 1.82) is 0 Å². The number of hydrogen-bond acceptors (Lipinski definition) is 3. The average molecular weight is 251 g/mol. The summed E-state index contributed by atoms with van der Waals surface area (Å²) in [6.07, 6.45) is 7.25. The van der Waals surface area contributed by atoms with E-state index in [-0.39, 0.29) is 6.04 Å². The van der Waals surface area contributed by atoms with E-state index >= 15 is 0 Å². The number of nitrogens with zero attached hydrogens (tertiary/aromatic N) is 2. The summed E-state index contributed by atoms with van der Waals surface area (Å²) in [5, 5.41) is 3.17. The van der Waals surface area contributed by atoms with Gasteiger partial charge in [0.1, 0.15) is 0 Å². The Morgan fingerprint density at radius 2 is 1.89 bits per heavy atom. The van der Waals surface area contributed by atoms with Gasteiger partial charge in [-0.3, -0.25) is 4.79 Å². The zero-order chi connectivity index (χ0) is 12.5. The predicted octanol–water partition coefficient (Wildman–Crippen LogP) is 0.824. The van der Waals surface area contributed by atoms with E-state index < -0.39 is 0 Å². The molecule has 0 saturated carbocycles. The molecule has 0 bridgehead atoms. The Kier molecular flexibility index (Phi) is 3.57. The van der Waals surface area contributed by atoms with E-state index in [2.05, 4.69) is 15.1 Å². The number of carbonyl (C=O) groups is 1. The van der Waals surface area contributed by atoms with Crippen LogP contribution in [0.1, 0.15) is 38.5 Å². The Morgan fingerprint density at radius 3 is 2.72 bits per heavy atom. The van der Waals surface area contributed by atoms with Crippen molar-refractivity contribution in [2.45, 2.75) is 56.7 Å². The topological polar surface area (TPSA) is 35.6 Å². The highest BCUT2D eigenvalue weighted by Crippen LogP contribution is 2.30. The summed E-state index contributed by atoms with van der Waals surface area (Å²) in [6.45, 7) is 3.46. The summed E-state index contributed by atoms with van der Waals surface area (Å²) >= 11 is 0. The van der Waals surface area contributed by atoms with Crippen LogP contribution in [-0.2, 0) is 4.79 Å². The Hall–Kier alpha value is -0.610. The quantitative estimate of drug-likeness (QED) is 0.789. The van der Waals surface area contributed by atoms with E-state index in [9.17, 15) is 4.79 Å². The molecular formula is C14H25N3O. The molecule has 18 heavy (non-hydrogen) atoms. The molecule has 102 valence electrons. The highest BCUT2D eigenvalue weighted by Gasteiger charge is 2.38. The van der Waals surface area contributed by atoms with Crippen molar-refractivity contribution in [1.82, 2.24) is 15.1 Å². The fraction of sp³-hybridized carbons (Fsp3) is 0.929. The van der Waals surface area contributed by atoms with Crippen LogP contribution in [0.4, 0.5) is 0 Å². The number of piperidine rings is 2. The molecule has 1 N–H and O–H groups in total. The summed E-state index contributed by atoms with van der Waals surface area (Å²) in [7, 11) is 1.91. The minimum absolute atomic E-state index is 0.0698. The molecule has 0 spiro atoms. The van der Waals surface area contributed by atoms with Crippen molar-refractivity contribution in [3.63, 3.8) is 0 Å². The summed E-state index contributed by atoms with van der Waals surface area (Å²) < 4.78 is 0. The summed E-state index contributed by atoms with van der Waals surface area (Å²) in [4.78, 5) is 17.2. The minimum atomic E-state index is 0.0698. The maximum Gasteiger partial charge on any atom is 0.239 e. The third-order valence-electron chi connectivity index (χ3n) is 5.05. The first-order valence-electron chi connectivity index (χ1n) is 7.51. The van der Waals surface area contributed by atoms with E-state index in [0.717, 1.165) is 25.4 Å². The van der Waals surface area contributed by atoms with Gasteiger partial charge < -0.3 is 15.1 Å². The van der Waals surface area contributed by atoms with Crippen LogP contribution in [0.2, 0.25) is 0 Å². The monoisotopic (exact) mass is 251 g/mol. The van der Waals surface area contributed by atoms with Gasteiger partial charge in [-0.05, 0) is 52.1 Å². The van der Waals surface area contributed by atoms with Crippen LogP contribution in [0.15, 0.2) is 0 Å². The zero-order valence-electron chi connectivity index (χ0n) is 11.4. The average Bonchev–Trinajstić information content (AvgIpc) is 2.86. The van der Waals surface area contributed by atoms with Crippen molar-refractivity contribution in [2.75, 3.05) is 26.7 Å². The zero-order valence-corrected chi connectivity index (χ0v) is 11.4. The molecule has 3 unspecified atom stereocenters. The minimum Gasteiger partial charge on any atom is -0.338 e. The lowest BCUT2D eigenvalue weighted by molar-refractivity contribution is -0.139. The van der Waals surface area contributed by atoms with Gasteiger partial charge in [0.05, 0.1) is 6.04 Å². The Morgan fingerprint density at radius 1 is 1.06 bits per heavy atom. The van der Waals surface area contributed by atoms with Crippen molar-refractivity contribution < 1.29 is 4.79 Å². The number of nitrogens with one attached hydrogen (secondary N) is 1. The van der Waals surface area contributed by atoms with E-state index in [1.165, 1.54) is 38.8 Å². The standard InChI is InChI=1S/C14H25N3O/c1-15-13-5-3-8-17(14(13)18)12-6-9-16-7-2-4-11(16)10-12/h11-13,15H,2-10H2,1H3. The first kappa shape index (κ1) is 12.4. The first-order chi connectivity index (χ1) is 8.79. The lowest BCUT2D eigenvalue weighted by Crippen LogP contribution is -2.56. The van der Waals surface area contributed by atoms with Crippen LogP contribution >= 0.6 is 0 Å². The lowest BCUT2D eigenvalue weighted by atomic mass is 9.93. The van der Waals surface area contributed by atoms with E-state index in [1.54, 1.807) is 0 Å². The van der Waals surface area contributed by atoms with Crippen LogP contribution in [0.5, 0.6) is 0 Å². The second-order valence-corrected chi connectivity index (χ2v) is 6.03.